The molecule has 0 radical (unpaired) electrons. The van der Waals surface area contributed by atoms with Crippen LogP contribution in [0.25, 0.3) is 0 Å². The van der Waals surface area contributed by atoms with Gasteiger partial charge in [-0.3, -0.25) is 4.99 Å². The molecule has 5 heteroatoms. The van der Waals surface area contributed by atoms with Crippen molar-refractivity contribution in [2.24, 2.45) is 4.99 Å². The number of nitrogens with zero attached hydrogens (tertiary/aromatic N) is 2. The molecule has 0 amide bonds. The maximum absolute atomic E-state index is 11.8. The highest BCUT2D eigenvalue weighted by atomic mass is 32.2. The van der Waals surface area contributed by atoms with Crippen LogP contribution in [0.4, 0.5) is 5.69 Å². The van der Waals surface area contributed by atoms with E-state index in [1.807, 2.05) is 23.1 Å². The molecule has 0 aromatic heterocycles. The van der Waals surface area contributed by atoms with E-state index >= 15 is 0 Å². The number of hydrogen-bond donors (Lipinski definition) is 0. The Morgan fingerprint density at radius 2 is 2.24 bits per heavy atom. The van der Waals surface area contributed by atoms with Crippen molar-refractivity contribution >= 4 is 21.7 Å². The maximum Gasteiger partial charge on any atom is 0.169 e. The third-order valence-electron chi connectivity index (χ3n) is 3.13. The molecule has 0 spiro atoms. The summed E-state index contributed by atoms with van der Waals surface area (Å²) >= 11 is 0. The van der Waals surface area contributed by atoms with Crippen LogP contribution in [0.2, 0.25) is 0 Å². The van der Waals surface area contributed by atoms with Crippen molar-refractivity contribution in [3.8, 4) is 0 Å². The van der Waals surface area contributed by atoms with Crippen LogP contribution < -0.4 is 4.90 Å². The average Bonchev–Trinajstić information content (AvgIpc) is 2.50. The van der Waals surface area contributed by atoms with Gasteiger partial charge in [0.2, 0.25) is 0 Å². The first kappa shape index (κ1) is 10.5. The van der Waals surface area contributed by atoms with Crippen molar-refractivity contribution in [1.82, 2.24) is 0 Å². The molecule has 4 nitrogen and oxygen atoms in total. The molecule has 2 aliphatic heterocycles. The normalized spacial score (nSPS) is 21.5. The smallest absolute Gasteiger partial charge is 0.169 e. The molecule has 2 heterocycles. The second-order valence-electron chi connectivity index (χ2n) is 4.33. The molecular formula is C12H12N2O2S. The predicted octanol–water partition coefficient (Wildman–Crippen LogP) is 1.32. The molecule has 0 bridgehead atoms. The van der Waals surface area contributed by atoms with Gasteiger partial charge in [0.25, 0.3) is 0 Å². The number of para-hydroxylation sites is 1. The first-order chi connectivity index (χ1) is 8.07. The van der Waals surface area contributed by atoms with E-state index in [1.54, 1.807) is 18.6 Å². The van der Waals surface area contributed by atoms with Crippen molar-refractivity contribution in [2.45, 2.75) is 11.8 Å². The first-order valence-corrected chi connectivity index (χ1v) is 7.32. The SMILES string of the molecule is CS(=O)(=O)C1Cc2cccc3c2N1C=CN=C3. The maximum atomic E-state index is 11.8. The van der Waals surface area contributed by atoms with Crippen molar-refractivity contribution < 1.29 is 8.42 Å². The Labute approximate surface area is 100 Å². The first-order valence-electron chi connectivity index (χ1n) is 5.36. The number of anilines is 1. The predicted molar refractivity (Wildman–Crippen MR) is 68.0 cm³/mol. The van der Waals surface area contributed by atoms with Gasteiger partial charge in [-0.25, -0.2) is 8.42 Å². The minimum Gasteiger partial charge on any atom is -0.328 e. The molecule has 88 valence electrons. The number of hydrogen-bond acceptors (Lipinski definition) is 4. The van der Waals surface area contributed by atoms with Gasteiger partial charge in [-0.2, -0.15) is 0 Å². The quantitative estimate of drug-likeness (QED) is 0.753. The Morgan fingerprint density at radius 3 is 3.00 bits per heavy atom. The lowest BCUT2D eigenvalue weighted by Gasteiger charge is -2.22. The minimum absolute atomic E-state index is 0.503. The Bertz CT molecular complexity index is 632. The Balaban J connectivity index is 2.22. The van der Waals surface area contributed by atoms with Crippen LogP contribution in [-0.4, -0.2) is 26.3 Å². The van der Waals surface area contributed by atoms with Gasteiger partial charge in [0, 0.05) is 36.9 Å². The summed E-state index contributed by atoms with van der Waals surface area (Å²) in [5.74, 6) is 0. The molecule has 2 aliphatic rings. The van der Waals surface area contributed by atoms with Crippen LogP contribution in [0.5, 0.6) is 0 Å². The molecule has 3 rings (SSSR count). The van der Waals surface area contributed by atoms with Crippen molar-refractivity contribution in [1.29, 1.82) is 0 Å². The molecule has 1 atom stereocenters. The summed E-state index contributed by atoms with van der Waals surface area (Å²) in [5, 5.41) is -0.503. The Morgan fingerprint density at radius 1 is 1.41 bits per heavy atom. The molecule has 1 aromatic rings. The number of benzene rings is 1. The number of sulfone groups is 1. The summed E-state index contributed by atoms with van der Waals surface area (Å²) < 4.78 is 23.6. The lowest BCUT2D eigenvalue weighted by atomic mass is 10.1. The fourth-order valence-corrected chi connectivity index (χ4v) is 3.46. The van der Waals surface area contributed by atoms with Gasteiger partial charge >= 0.3 is 0 Å². The molecule has 0 saturated carbocycles. The van der Waals surface area contributed by atoms with Crippen LogP contribution in [0.15, 0.2) is 35.6 Å². The number of aliphatic imine (C=N–C) groups is 1. The van der Waals surface area contributed by atoms with Crippen LogP contribution in [0.3, 0.4) is 0 Å². The largest absolute Gasteiger partial charge is 0.328 e. The third kappa shape index (κ3) is 1.58. The summed E-state index contributed by atoms with van der Waals surface area (Å²) in [6, 6.07) is 5.87. The fraction of sp³-hybridized carbons (Fsp3) is 0.250. The minimum atomic E-state index is -3.11. The Hall–Kier alpha value is -1.62. The van der Waals surface area contributed by atoms with E-state index in [4.69, 9.17) is 0 Å². The van der Waals surface area contributed by atoms with Crippen LogP contribution in [0.1, 0.15) is 11.1 Å². The van der Waals surface area contributed by atoms with Gasteiger partial charge < -0.3 is 4.90 Å². The summed E-state index contributed by atoms with van der Waals surface area (Å²) in [4.78, 5) is 5.92. The molecular weight excluding hydrogens is 236 g/mol. The van der Waals surface area contributed by atoms with E-state index in [2.05, 4.69) is 4.99 Å². The lowest BCUT2D eigenvalue weighted by Crippen LogP contribution is -2.34. The van der Waals surface area contributed by atoms with E-state index in [9.17, 15) is 8.42 Å². The highest BCUT2D eigenvalue weighted by Gasteiger charge is 2.36. The molecule has 0 saturated heterocycles. The van der Waals surface area contributed by atoms with E-state index in [0.717, 1.165) is 16.8 Å². The van der Waals surface area contributed by atoms with Gasteiger partial charge in [-0.05, 0) is 5.56 Å². The van der Waals surface area contributed by atoms with Gasteiger partial charge in [0.1, 0.15) is 5.37 Å². The fourth-order valence-electron chi connectivity index (χ4n) is 2.39. The zero-order chi connectivity index (χ0) is 12.0. The molecule has 1 unspecified atom stereocenters. The topological polar surface area (TPSA) is 49.7 Å². The number of rotatable bonds is 1. The summed E-state index contributed by atoms with van der Waals surface area (Å²) in [7, 11) is -3.11. The van der Waals surface area contributed by atoms with Gasteiger partial charge in [-0.15, -0.1) is 0 Å². The second kappa shape index (κ2) is 3.43. The molecule has 1 aromatic carbocycles. The van der Waals surface area contributed by atoms with Crippen LogP contribution in [-0.2, 0) is 16.3 Å². The second-order valence-corrected chi connectivity index (χ2v) is 6.53. The lowest BCUT2D eigenvalue weighted by molar-refractivity contribution is 0.587. The summed E-state index contributed by atoms with van der Waals surface area (Å²) in [6.07, 6.45) is 6.96. The zero-order valence-corrected chi connectivity index (χ0v) is 10.2. The van der Waals surface area contributed by atoms with Crippen LogP contribution in [0, 0.1) is 0 Å². The van der Waals surface area contributed by atoms with E-state index in [1.165, 1.54) is 6.26 Å². The van der Waals surface area contributed by atoms with Crippen molar-refractivity contribution in [2.75, 3.05) is 11.2 Å². The molecule has 0 fully saturated rings. The van der Waals surface area contributed by atoms with E-state index in [0.29, 0.717) is 6.42 Å². The monoisotopic (exact) mass is 248 g/mol. The van der Waals surface area contributed by atoms with E-state index in [-0.39, 0.29) is 0 Å². The molecule has 0 aliphatic carbocycles. The van der Waals surface area contributed by atoms with Gasteiger partial charge in [-0.1, -0.05) is 18.2 Å². The van der Waals surface area contributed by atoms with Gasteiger partial charge in [0.15, 0.2) is 9.84 Å². The summed E-state index contributed by atoms with van der Waals surface area (Å²) in [6.45, 7) is 0. The van der Waals surface area contributed by atoms with Crippen molar-refractivity contribution in [3.63, 3.8) is 0 Å². The Kier molecular flexibility index (Phi) is 2.13. The standard InChI is InChI=1S/C12H12N2O2S/c1-17(15,16)11-7-9-3-2-4-10-8-13-5-6-14(11)12(9)10/h2-6,8,11H,7H2,1H3. The average molecular weight is 248 g/mol. The molecule has 0 N–H and O–H groups in total. The van der Waals surface area contributed by atoms with E-state index < -0.39 is 15.2 Å². The molecule has 17 heavy (non-hydrogen) atoms. The third-order valence-corrected chi connectivity index (χ3v) is 4.52. The summed E-state index contributed by atoms with van der Waals surface area (Å²) in [5.41, 5.74) is 3.01. The zero-order valence-electron chi connectivity index (χ0n) is 9.37. The van der Waals surface area contributed by atoms with Crippen LogP contribution >= 0.6 is 0 Å². The highest BCUT2D eigenvalue weighted by molar-refractivity contribution is 7.91. The van der Waals surface area contributed by atoms with Crippen molar-refractivity contribution in [3.05, 3.63) is 41.7 Å². The van der Waals surface area contributed by atoms with Gasteiger partial charge in [0.05, 0.1) is 5.69 Å². The highest BCUT2D eigenvalue weighted by Crippen LogP contribution is 2.37.